The molecule has 0 fully saturated rings. The molecule has 1 aromatic heterocycles. The van der Waals surface area contributed by atoms with E-state index in [0.717, 1.165) is 6.42 Å². The van der Waals surface area contributed by atoms with Gasteiger partial charge in [0.1, 0.15) is 0 Å². The first-order valence-electron chi connectivity index (χ1n) is 4.32. The zero-order valence-corrected chi connectivity index (χ0v) is 7.93. The van der Waals surface area contributed by atoms with Crippen LogP contribution in [0.15, 0.2) is 22.1 Å². The maximum atomic E-state index is 10.7. The molecule has 0 saturated carbocycles. The van der Waals surface area contributed by atoms with Crippen molar-refractivity contribution in [3.8, 4) is 0 Å². The number of aromatic nitrogens is 3. The first-order valence-corrected chi connectivity index (χ1v) is 5.20. The van der Waals surface area contributed by atoms with Gasteiger partial charge in [0, 0.05) is 5.25 Å². The molecule has 0 radical (unpaired) electrons. The van der Waals surface area contributed by atoms with E-state index in [0.29, 0.717) is 10.4 Å². The van der Waals surface area contributed by atoms with E-state index in [4.69, 9.17) is 0 Å². The van der Waals surface area contributed by atoms with Gasteiger partial charge in [-0.15, -0.1) is 5.10 Å². The maximum absolute atomic E-state index is 10.7. The second-order valence-corrected chi connectivity index (χ2v) is 4.23. The van der Waals surface area contributed by atoms with Crippen molar-refractivity contribution >= 4 is 11.8 Å². The second-order valence-electron chi connectivity index (χ2n) is 3.00. The highest BCUT2D eigenvalue weighted by Crippen LogP contribution is 2.26. The third-order valence-electron chi connectivity index (χ3n) is 1.95. The average Bonchev–Trinajstić information content (AvgIpc) is 2.53. The fraction of sp³-hybridized carbons (Fsp3) is 0.500. The van der Waals surface area contributed by atoms with Crippen LogP contribution in [-0.2, 0) is 0 Å². The summed E-state index contributed by atoms with van der Waals surface area (Å²) in [6, 6.07) is 0. The van der Waals surface area contributed by atoms with E-state index in [-0.39, 0.29) is 5.69 Å². The molecule has 0 amide bonds. The van der Waals surface area contributed by atoms with Crippen LogP contribution in [-0.4, -0.2) is 20.4 Å². The molecule has 1 aromatic rings. The molecule has 0 spiro atoms. The first-order chi connectivity index (χ1) is 6.34. The van der Waals surface area contributed by atoms with Crippen LogP contribution in [0.25, 0.3) is 0 Å². The number of H-pyrrole nitrogens is 2. The fourth-order valence-electron chi connectivity index (χ4n) is 1.33. The molecule has 13 heavy (non-hydrogen) atoms. The Kier molecular flexibility index (Phi) is 2.54. The van der Waals surface area contributed by atoms with E-state index in [1.807, 2.05) is 0 Å². The van der Waals surface area contributed by atoms with Crippen molar-refractivity contribution in [1.29, 1.82) is 0 Å². The number of nitrogens with one attached hydrogen (secondary N) is 2. The molecule has 0 aliphatic heterocycles. The summed E-state index contributed by atoms with van der Waals surface area (Å²) in [7, 11) is 0. The predicted molar refractivity (Wildman–Crippen MR) is 51.8 cm³/mol. The molecule has 0 aromatic carbocycles. The molecule has 2 N–H and O–H groups in total. The van der Waals surface area contributed by atoms with Crippen LogP contribution in [0.3, 0.4) is 0 Å². The lowest BCUT2D eigenvalue weighted by atomic mass is 10.1. The van der Waals surface area contributed by atoms with Gasteiger partial charge in [-0.1, -0.05) is 23.9 Å². The fourth-order valence-corrected chi connectivity index (χ4v) is 2.34. The van der Waals surface area contributed by atoms with Crippen LogP contribution in [0.2, 0.25) is 0 Å². The van der Waals surface area contributed by atoms with Crippen LogP contribution < -0.4 is 5.69 Å². The van der Waals surface area contributed by atoms with Gasteiger partial charge in [0.25, 0.3) is 0 Å². The quantitative estimate of drug-likeness (QED) is 0.702. The minimum atomic E-state index is -0.234. The van der Waals surface area contributed by atoms with Crippen molar-refractivity contribution in [2.75, 3.05) is 0 Å². The van der Waals surface area contributed by atoms with Gasteiger partial charge < -0.3 is 0 Å². The number of nitrogens with zero attached hydrogens (tertiary/aromatic N) is 1. The summed E-state index contributed by atoms with van der Waals surface area (Å²) < 4.78 is 0. The SMILES string of the molecule is O=c1[nH]nc(SC2C=CCCC2)[nH]1. The van der Waals surface area contributed by atoms with Gasteiger partial charge in [-0.05, 0) is 19.3 Å². The number of allylic oxidation sites excluding steroid dienone is 1. The van der Waals surface area contributed by atoms with E-state index in [9.17, 15) is 4.79 Å². The van der Waals surface area contributed by atoms with Gasteiger partial charge in [0.05, 0.1) is 0 Å². The largest absolute Gasteiger partial charge is 0.341 e. The number of hydrogen-bond donors (Lipinski definition) is 2. The Labute approximate surface area is 79.8 Å². The summed E-state index contributed by atoms with van der Waals surface area (Å²) in [5.74, 6) is 0. The molecule has 1 aliphatic carbocycles. The first kappa shape index (κ1) is 8.62. The van der Waals surface area contributed by atoms with Gasteiger partial charge >= 0.3 is 5.69 Å². The Balaban J connectivity index is 2.01. The lowest BCUT2D eigenvalue weighted by Crippen LogP contribution is -2.03. The van der Waals surface area contributed by atoms with E-state index in [2.05, 4.69) is 27.3 Å². The van der Waals surface area contributed by atoms with Crippen LogP contribution >= 0.6 is 11.8 Å². The molecule has 5 heteroatoms. The molecule has 0 saturated heterocycles. The normalized spacial score (nSPS) is 22.0. The lowest BCUT2D eigenvalue weighted by Gasteiger charge is -2.13. The van der Waals surface area contributed by atoms with Crippen LogP contribution in [0.1, 0.15) is 19.3 Å². The van der Waals surface area contributed by atoms with E-state index in [1.54, 1.807) is 11.8 Å². The molecule has 1 atom stereocenters. The topological polar surface area (TPSA) is 61.5 Å². The minimum absolute atomic E-state index is 0.234. The molecule has 1 unspecified atom stereocenters. The standard InChI is InChI=1S/C8H11N3OS/c12-7-9-8(11-10-7)13-6-4-2-1-3-5-6/h2,4,6H,1,3,5H2,(H2,9,10,11,12). The van der Waals surface area contributed by atoms with Crippen molar-refractivity contribution in [3.63, 3.8) is 0 Å². The van der Waals surface area contributed by atoms with Gasteiger partial charge in [-0.3, -0.25) is 4.98 Å². The summed E-state index contributed by atoms with van der Waals surface area (Å²) in [6.45, 7) is 0. The van der Waals surface area contributed by atoms with Crippen molar-refractivity contribution in [1.82, 2.24) is 15.2 Å². The Hall–Kier alpha value is -0.970. The molecular weight excluding hydrogens is 186 g/mol. The molecule has 1 aliphatic rings. The lowest BCUT2D eigenvalue weighted by molar-refractivity contribution is 0.739. The minimum Gasteiger partial charge on any atom is -0.284 e. The summed E-state index contributed by atoms with van der Waals surface area (Å²) in [4.78, 5) is 13.4. The highest BCUT2D eigenvalue weighted by molar-refractivity contribution is 7.99. The monoisotopic (exact) mass is 197 g/mol. The Bertz CT molecular complexity index is 354. The third kappa shape index (κ3) is 2.24. The third-order valence-corrected chi connectivity index (χ3v) is 3.06. The smallest absolute Gasteiger partial charge is 0.284 e. The molecule has 70 valence electrons. The van der Waals surface area contributed by atoms with E-state index in [1.165, 1.54) is 12.8 Å². The number of aromatic amines is 2. The van der Waals surface area contributed by atoms with Crippen molar-refractivity contribution in [2.45, 2.75) is 29.7 Å². The molecule has 1 heterocycles. The van der Waals surface area contributed by atoms with E-state index >= 15 is 0 Å². The molecule has 2 rings (SSSR count). The summed E-state index contributed by atoms with van der Waals surface area (Å²) in [5.41, 5.74) is -0.234. The van der Waals surface area contributed by atoms with E-state index < -0.39 is 0 Å². The molecule has 0 bridgehead atoms. The second kappa shape index (κ2) is 3.83. The maximum Gasteiger partial charge on any atom is 0.341 e. The number of rotatable bonds is 2. The zero-order valence-electron chi connectivity index (χ0n) is 7.12. The number of thioether (sulfide) groups is 1. The molecule has 4 nitrogen and oxygen atoms in total. The zero-order chi connectivity index (χ0) is 9.10. The molecular formula is C8H11N3OS. The van der Waals surface area contributed by atoms with Crippen LogP contribution in [0, 0.1) is 0 Å². The van der Waals surface area contributed by atoms with Crippen molar-refractivity contribution in [3.05, 3.63) is 22.6 Å². The van der Waals surface area contributed by atoms with Crippen LogP contribution in [0.4, 0.5) is 0 Å². The number of hydrogen-bond acceptors (Lipinski definition) is 3. The van der Waals surface area contributed by atoms with Crippen molar-refractivity contribution in [2.24, 2.45) is 0 Å². The summed E-state index contributed by atoms with van der Waals surface area (Å²) in [5, 5.41) is 7.35. The summed E-state index contributed by atoms with van der Waals surface area (Å²) in [6.07, 6.45) is 7.93. The predicted octanol–water partition coefficient (Wildman–Crippen LogP) is 1.30. The van der Waals surface area contributed by atoms with Crippen molar-refractivity contribution < 1.29 is 0 Å². The Morgan fingerprint density at radius 3 is 3.15 bits per heavy atom. The van der Waals surface area contributed by atoms with Gasteiger partial charge in [0.15, 0.2) is 5.16 Å². The highest BCUT2D eigenvalue weighted by atomic mass is 32.2. The Morgan fingerprint density at radius 1 is 1.62 bits per heavy atom. The van der Waals surface area contributed by atoms with Gasteiger partial charge in [0.2, 0.25) is 0 Å². The van der Waals surface area contributed by atoms with Gasteiger partial charge in [-0.25, -0.2) is 9.89 Å². The van der Waals surface area contributed by atoms with Gasteiger partial charge in [-0.2, -0.15) is 0 Å². The van der Waals surface area contributed by atoms with Crippen LogP contribution in [0.5, 0.6) is 0 Å². The average molecular weight is 197 g/mol. The Morgan fingerprint density at radius 2 is 2.54 bits per heavy atom. The summed E-state index contributed by atoms with van der Waals surface area (Å²) >= 11 is 1.60. The highest BCUT2D eigenvalue weighted by Gasteiger charge is 2.11.